The molecule has 0 bridgehead atoms. The molecule has 2 aromatic carbocycles. The highest BCUT2D eigenvalue weighted by Gasteiger charge is 2.16. The minimum absolute atomic E-state index is 0.151. The van der Waals surface area contributed by atoms with E-state index in [1.807, 2.05) is 18.2 Å². The number of amides is 2. The fourth-order valence-electron chi connectivity index (χ4n) is 2.65. The molecule has 1 aliphatic rings. The van der Waals surface area contributed by atoms with Crippen molar-refractivity contribution in [2.75, 3.05) is 25.0 Å². The largest absolute Gasteiger partial charge is 0.497 e. The highest BCUT2D eigenvalue weighted by molar-refractivity contribution is 8.01. The summed E-state index contributed by atoms with van der Waals surface area (Å²) in [6.45, 7) is 0.589. The van der Waals surface area contributed by atoms with Crippen molar-refractivity contribution in [2.45, 2.75) is 10.9 Å². The van der Waals surface area contributed by atoms with Gasteiger partial charge in [0.1, 0.15) is 5.75 Å². The second-order valence-electron chi connectivity index (χ2n) is 6.31. The third-order valence-corrected chi connectivity index (χ3v) is 6.26. The van der Waals surface area contributed by atoms with Crippen LogP contribution in [0.2, 0.25) is 0 Å². The van der Waals surface area contributed by atoms with E-state index in [1.165, 1.54) is 11.8 Å². The van der Waals surface area contributed by atoms with Gasteiger partial charge < -0.3 is 24.8 Å². The summed E-state index contributed by atoms with van der Waals surface area (Å²) in [4.78, 5) is 24.5. The number of methoxy groups -OCH3 is 1. The molecule has 160 valence electrons. The maximum absolute atomic E-state index is 12.3. The van der Waals surface area contributed by atoms with Gasteiger partial charge in [0.2, 0.25) is 17.7 Å². The Balaban J connectivity index is 1.23. The van der Waals surface area contributed by atoms with Crippen LogP contribution in [-0.4, -0.2) is 41.7 Å². The molecule has 0 atom stereocenters. The predicted octanol–water partition coefficient (Wildman–Crippen LogP) is 2.94. The highest BCUT2D eigenvalue weighted by atomic mass is 32.2. The lowest BCUT2D eigenvalue weighted by atomic mass is 10.2. The molecule has 4 rings (SSSR count). The topological polar surface area (TPSA) is 112 Å². The van der Waals surface area contributed by atoms with E-state index in [0.717, 1.165) is 16.9 Å². The molecule has 1 aromatic heterocycles. The van der Waals surface area contributed by atoms with Gasteiger partial charge in [0.25, 0.3) is 5.91 Å². The fourth-order valence-corrected chi connectivity index (χ4v) is 4.23. The minimum atomic E-state index is -0.359. The molecule has 1 aliphatic heterocycles. The number of nitrogens with one attached hydrogen (secondary N) is 2. The van der Waals surface area contributed by atoms with Crippen molar-refractivity contribution in [1.82, 2.24) is 15.5 Å². The van der Waals surface area contributed by atoms with Crippen molar-refractivity contribution in [3.63, 3.8) is 0 Å². The number of hydrogen-bond donors (Lipinski definition) is 2. The van der Waals surface area contributed by atoms with Gasteiger partial charge in [0.15, 0.2) is 15.8 Å². The summed E-state index contributed by atoms with van der Waals surface area (Å²) in [5.41, 5.74) is 1.54. The lowest BCUT2D eigenvalue weighted by Gasteiger charge is -2.05. The van der Waals surface area contributed by atoms with Crippen LogP contribution >= 0.6 is 23.1 Å². The summed E-state index contributed by atoms with van der Waals surface area (Å²) in [6, 6.07) is 12.5. The number of fused-ring (bicyclic) bond motifs is 1. The Bertz CT molecular complexity index is 1090. The molecule has 0 unspecified atom stereocenters. The first-order valence-corrected chi connectivity index (χ1v) is 11.0. The van der Waals surface area contributed by atoms with Gasteiger partial charge in [-0.2, -0.15) is 0 Å². The van der Waals surface area contributed by atoms with Crippen molar-refractivity contribution in [3.8, 4) is 17.2 Å². The van der Waals surface area contributed by atoms with Gasteiger partial charge in [-0.3, -0.25) is 9.59 Å². The summed E-state index contributed by atoms with van der Waals surface area (Å²) >= 11 is 2.36. The number of nitrogens with zero attached hydrogens (tertiary/aromatic N) is 2. The van der Waals surface area contributed by atoms with Crippen molar-refractivity contribution >= 4 is 40.6 Å². The Morgan fingerprint density at radius 3 is 2.74 bits per heavy atom. The highest BCUT2D eigenvalue weighted by Crippen LogP contribution is 2.32. The van der Waals surface area contributed by atoms with Crippen LogP contribution in [0.15, 0.2) is 46.8 Å². The number of benzene rings is 2. The number of rotatable bonds is 8. The monoisotopic (exact) mass is 458 g/mol. The van der Waals surface area contributed by atoms with Gasteiger partial charge in [0.05, 0.1) is 12.9 Å². The van der Waals surface area contributed by atoms with Crippen LogP contribution in [0.5, 0.6) is 17.2 Å². The number of carbonyl (C=O) groups excluding carboxylic acids is 2. The van der Waals surface area contributed by atoms with Crippen LogP contribution < -0.4 is 24.8 Å². The Kier molecular flexibility index (Phi) is 6.53. The lowest BCUT2D eigenvalue weighted by molar-refractivity contribution is -0.118. The zero-order valence-corrected chi connectivity index (χ0v) is 18.0. The molecule has 0 spiro atoms. The SMILES string of the molecule is COc1ccc(NC(=O)c2nnc(SCC(=O)NCc3ccc4c(c3)OCO4)s2)cc1. The Morgan fingerprint density at radius 2 is 1.94 bits per heavy atom. The maximum Gasteiger partial charge on any atom is 0.286 e. The number of ether oxygens (including phenoxy) is 3. The van der Waals surface area contributed by atoms with Gasteiger partial charge in [-0.15, -0.1) is 10.2 Å². The molecular formula is C20H18N4O5S2. The number of anilines is 1. The standard InChI is InChI=1S/C20H18N4O5S2/c1-27-14-5-3-13(4-6-14)22-18(26)19-23-24-20(31-19)30-10-17(25)21-9-12-2-7-15-16(8-12)29-11-28-15/h2-8H,9-11H2,1H3,(H,21,25)(H,22,26). The molecule has 0 fully saturated rings. The van der Waals surface area contributed by atoms with Crippen LogP contribution in [0, 0.1) is 0 Å². The van der Waals surface area contributed by atoms with E-state index in [1.54, 1.807) is 31.4 Å². The van der Waals surface area contributed by atoms with E-state index in [4.69, 9.17) is 14.2 Å². The van der Waals surface area contributed by atoms with Gasteiger partial charge in [-0.1, -0.05) is 29.2 Å². The van der Waals surface area contributed by atoms with Crippen LogP contribution in [0.25, 0.3) is 0 Å². The Labute approximate surface area is 186 Å². The maximum atomic E-state index is 12.3. The van der Waals surface area contributed by atoms with E-state index >= 15 is 0 Å². The first kappa shape index (κ1) is 20.9. The summed E-state index contributed by atoms with van der Waals surface area (Å²) in [5, 5.41) is 13.7. The summed E-state index contributed by atoms with van der Waals surface area (Å²) in [7, 11) is 1.58. The average Bonchev–Trinajstić information content (AvgIpc) is 3.46. The third kappa shape index (κ3) is 5.44. The smallest absolute Gasteiger partial charge is 0.286 e. The average molecular weight is 459 g/mol. The number of aromatic nitrogens is 2. The minimum Gasteiger partial charge on any atom is -0.497 e. The molecule has 3 aromatic rings. The van der Waals surface area contributed by atoms with Crippen molar-refractivity contribution in [3.05, 3.63) is 53.0 Å². The molecule has 2 amide bonds. The van der Waals surface area contributed by atoms with Gasteiger partial charge in [-0.25, -0.2) is 0 Å². The molecule has 0 saturated heterocycles. The normalized spacial score (nSPS) is 11.8. The molecule has 9 nitrogen and oxygen atoms in total. The van der Waals surface area contributed by atoms with Gasteiger partial charge in [-0.05, 0) is 42.0 Å². The number of carbonyl (C=O) groups is 2. The number of hydrogen-bond acceptors (Lipinski definition) is 9. The van der Waals surface area contributed by atoms with Crippen LogP contribution in [-0.2, 0) is 11.3 Å². The Morgan fingerprint density at radius 1 is 1.13 bits per heavy atom. The molecule has 0 saturated carbocycles. The van der Waals surface area contributed by atoms with Crippen LogP contribution in [0.3, 0.4) is 0 Å². The molecule has 0 radical (unpaired) electrons. The van der Waals surface area contributed by atoms with E-state index in [2.05, 4.69) is 20.8 Å². The molecular weight excluding hydrogens is 440 g/mol. The van der Waals surface area contributed by atoms with Crippen molar-refractivity contribution < 1.29 is 23.8 Å². The quantitative estimate of drug-likeness (QED) is 0.496. The van der Waals surface area contributed by atoms with Crippen LogP contribution in [0.4, 0.5) is 5.69 Å². The predicted molar refractivity (Wildman–Crippen MR) is 116 cm³/mol. The second-order valence-corrected chi connectivity index (χ2v) is 8.51. The molecule has 2 heterocycles. The molecule has 0 aliphatic carbocycles. The zero-order valence-electron chi connectivity index (χ0n) is 16.4. The molecule has 11 heteroatoms. The summed E-state index contributed by atoms with van der Waals surface area (Å²) in [6.07, 6.45) is 0. The van der Waals surface area contributed by atoms with E-state index < -0.39 is 0 Å². The zero-order chi connectivity index (χ0) is 21.6. The van der Waals surface area contributed by atoms with E-state index in [0.29, 0.717) is 33.8 Å². The van der Waals surface area contributed by atoms with Gasteiger partial charge >= 0.3 is 0 Å². The lowest BCUT2D eigenvalue weighted by Crippen LogP contribution is -2.24. The van der Waals surface area contributed by atoms with E-state index in [9.17, 15) is 9.59 Å². The Hall–Kier alpha value is -3.31. The van der Waals surface area contributed by atoms with Crippen LogP contribution in [0.1, 0.15) is 15.4 Å². The first-order valence-electron chi connectivity index (χ1n) is 9.17. The molecule has 31 heavy (non-hydrogen) atoms. The number of thioether (sulfide) groups is 1. The summed E-state index contributed by atoms with van der Waals surface area (Å²) in [5.74, 6) is 1.73. The molecule has 2 N–H and O–H groups in total. The fraction of sp³-hybridized carbons (Fsp3) is 0.200. The first-order chi connectivity index (χ1) is 15.1. The summed E-state index contributed by atoms with van der Waals surface area (Å²) < 4.78 is 16.2. The second kappa shape index (κ2) is 9.67. The third-order valence-electron chi connectivity index (χ3n) is 4.20. The van der Waals surface area contributed by atoms with Crippen molar-refractivity contribution in [2.24, 2.45) is 0 Å². The van der Waals surface area contributed by atoms with E-state index in [-0.39, 0.29) is 29.4 Å². The van der Waals surface area contributed by atoms with Gasteiger partial charge in [0, 0.05) is 12.2 Å². The van der Waals surface area contributed by atoms with Crippen molar-refractivity contribution in [1.29, 1.82) is 0 Å².